The Hall–Kier alpha value is -2.84. The number of carbonyl (C=O) groups is 2. The molecule has 0 aromatic heterocycles. The van der Waals surface area contributed by atoms with E-state index in [1.807, 2.05) is 0 Å². The molecule has 2 aliphatic rings. The van der Waals surface area contributed by atoms with Crippen LogP contribution in [0.5, 0.6) is 11.5 Å². The first-order valence-electron chi connectivity index (χ1n) is 9.44. The fourth-order valence-corrected chi connectivity index (χ4v) is 3.60. The van der Waals surface area contributed by atoms with Crippen molar-refractivity contribution in [1.82, 2.24) is 4.90 Å². The number of nitrogens with zero attached hydrogens (tertiary/aromatic N) is 2. The SMILES string of the molecule is C[C@H](OC(=O)c1cc2c(cc1[N+](=O)[O-])OCCO2)C(=O)N(C)C1CCCCC1. The minimum absolute atomic E-state index is 0.131. The summed E-state index contributed by atoms with van der Waals surface area (Å²) in [5.41, 5.74) is -0.719. The second-order valence-electron chi connectivity index (χ2n) is 7.06. The van der Waals surface area contributed by atoms with Crippen molar-refractivity contribution >= 4 is 17.6 Å². The van der Waals surface area contributed by atoms with Gasteiger partial charge in [-0.25, -0.2) is 4.79 Å². The van der Waals surface area contributed by atoms with Gasteiger partial charge in [0.1, 0.15) is 18.8 Å². The van der Waals surface area contributed by atoms with Crippen molar-refractivity contribution in [3.63, 3.8) is 0 Å². The zero-order valence-corrected chi connectivity index (χ0v) is 16.0. The molecule has 0 N–H and O–H groups in total. The summed E-state index contributed by atoms with van der Waals surface area (Å²) in [5.74, 6) is -0.820. The van der Waals surface area contributed by atoms with E-state index in [2.05, 4.69) is 0 Å². The predicted molar refractivity (Wildman–Crippen MR) is 98.6 cm³/mol. The molecule has 1 aliphatic heterocycles. The number of nitro benzene ring substituents is 1. The summed E-state index contributed by atoms with van der Waals surface area (Å²) < 4.78 is 16.0. The highest BCUT2D eigenvalue weighted by Gasteiger charge is 2.32. The first-order valence-corrected chi connectivity index (χ1v) is 9.44. The number of nitro groups is 1. The molecule has 1 heterocycles. The number of hydrogen-bond acceptors (Lipinski definition) is 7. The molecular weight excluding hydrogens is 368 g/mol. The van der Waals surface area contributed by atoms with Crippen LogP contribution >= 0.6 is 0 Å². The second kappa shape index (κ2) is 8.45. The molecule has 152 valence electrons. The number of benzene rings is 1. The Morgan fingerprint density at radius 2 is 1.79 bits per heavy atom. The van der Waals surface area contributed by atoms with Crippen LogP contribution < -0.4 is 9.47 Å². The molecule has 1 atom stereocenters. The van der Waals surface area contributed by atoms with Gasteiger partial charge in [-0.2, -0.15) is 0 Å². The molecule has 9 heteroatoms. The quantitative estimate of drug-likeness (QED) is 0.431. The van der Waals surface area contributed by atoms with Gasteiger partial charge in [-0.1, -0.05) is 19.3 Å². The van der Waals surface area contributed by atoms with Crippen LogP contribution in [0.15, 0.2) is 12.1 Å². The van der Waals surface area contributed by atoms with Crippen LogP contribution in [-0.2, 0) is 9.53 Å². The van der Waals surface area contributed by atoms with E-state index in [1.165, 1.54) is 13.0 Å². The van der Waals surface area contributed by atoms with Crippen LogP contribution in [-0.4, -0.2) is 54.1 Å². The Balaban J connectivity index is 1.74. The van der Waals surface area contributed by atoms with Gasteiger partial charge in [-0.15, -0.1) is 0 Å². The van der Waals surface area contributed by atoms with Gasteiger partial charge in [-0.05, 0) is 19.8 Å². The van der Waals surface area contributed by atoms with E-state index < -0.39 is 22.7 Å². The summed E-state index contributed by atoms with van der Waals surface area (Å²) in [5, 5.41) is 11.4. The monoisotopic (exact) mass is 392 g/mol. The van der Waals surface area contributed by atoms with Crippen molar-refractivity contribution in [1.29, 1.82) is 0 Å². The van der Waals surface area contributed by atoms with Gasteiger partial charge in [0, 0.05) is 19.2 Å². The lowest BCUT2D eigenvalue weighted by Gasteiger charge is -2.32. The number of fused-ring (bicyclic) bond motifs is 1. The number of amides is 1. The van der Waals surface area contributed by atoms with Gasteiger partial charge >= 0.3 is 5.97 Å². The zero-order chi connectivity index (χ0) is 20.3. The van der Waals surface area contributed by atoms with E-state index in [1.54, 1.807) is 11.9 Å². The molecule has 3 rings (SSSR count). The third-order valence-corrected chi connectivity index (χ3v) is 5.18. The molecule has 1 aliphatic carbocycles. The van der Waals surface area contributed by atoms with Crippen molar-refractivity contribution in [2.24, 2.45) is 0 Å². The van der Waals surface area contributed by atoms with Crippen LogP contribution in [0.3, 0.4) is 0 Å². The van der Waals surface area contributed by atoms with E-state index in [0.29, 0.717) is 0 Å². The molecule has 0 radical (unpaired) electrons. The molecule has 1 fully saturated rings. The molecule has 28 heavy (non-hydrogen) atoms. The Morgan fingerprint density at radius 3 is 2.39 bits per heavy atom. The van der Waals surface area contributed by atoms with Crippen LogP contribution in [0.25, 0.3) is 0 Å². The first kappa shape index (κ1) is 19.9. The standard InChI is InChI=1S/C19H24N2O7/c1-12(18(22)20(2)13-6-4-3-5-7-13)28-19(23)14-10-16-17(27-9-8-26-16)11-15(14)21(24)25/h10-13H,3-9H2,1-2H3/t12-/m0/s1. The van der Waals surface area contributed by atoms with Crippen LogP contribution in [0.2, 0.25) is 0 Å². The van der Waals surface area contributed by atoms with E-state index >= 15 is 0 Å². The summed E-state index contributed by atoms with van der Waals surface area (Å²) in [6.45, 7) is 2.02. The third kappa shape index (κ3) is 4.18. The minimum Gasteiger partial charge on any atom is -0.486 e. The van der Waals surface area contributed by atoms with E-state index in [4.69, 9.17) is 14.2 Å². The van der Waals surface area contributed by atoms with Crippen molar-refractivity contribution in [3.8, 4) is 11.5 Å². The van der Waals surface area contributed by atoms with Crippen molar-refractivity contribution < 1.29 is 28.7 Å². The number of likely N-dealkylation sites (N-methyl/N-ethyl adjacent to an activating group) is 1. The Morgan fingerprint density at radius 1 is 1.18 bits per heavy atom. The van der Waals surface area contributed by atoms with Crippen molar-refractivity contribution in [3.05, 3.63) is 27.8 Å². The van der Waals surface area contributed by atoms with Crippen LogP contribution in [0, 0.1) is 10.1 Å². The van der Waals surface area contributed by atoms with Gasteiger partial charge in [0.25, 0.3) is 11.6 Å². The fraction of sp³-hybridized carbons (Fsp3) is 0.579. The molecule has 0 spiro atoms. The zero-order valence-electron chi connectivity index (χ0n) is 16.0. The first-order chi connectivity index (χ1) is 13.4. The Kier molecular flexibility index (Phi) is 6.01. The second-order valence-corrected chi connectivity index (χ2v) is 7.06. The number of rotatable bonds is 5. The summed E-state index contributed by atoms with van der Waals surface area (Å²) in [6.07, 6.45) is 4.11. The average Bonchev–Trinajstić information content (AvgIpc) is 2.72. The summed E-state index contributed by atoms with van der Waals surface area (Å²) in [4.78, 5) is 37.5. The number of esters is 1. The highest BCUT2D eigenvalue weighted by atomic mass is 16.6. The lowest BCUT2D eigenvalue weighted by Crippen LogP contribution is -2.44. The summed E-state index contributed by atoms with van der Waals surface area (Å²) in [7, 11) is 1.70. The van der Waals surface area contributed by atoms with E-state index in [9.17, 15) is 19.7 Å². The van der Waals surface area contributed by atoms with Gasteiger partial charge in [0.2, 0.25) is 0 Å². The lowest BCUT2D eigenvalue weighted by atomic mass is 9.94. The van der Waals surface area contributed by atoms with E-state index in [-0.39, 0.29) is 42.2 Å². The molecule has 1 saturated carbocycles. The largest absolute Gasteiger partial charge is 0.486 e. The number of carbonyl (C=O) groups excluding carboxylic acids is 2. The van der Waals surface area contributed by atoms with Crippen molar-refractivity contribution in [2.45, 2.75) is 51.2 Å². The molecule has 0 unspecified atom stereocenters. The minimum atomic E-state index is -1.05. The lowest BCUT2D eigenvalue weighted by molar-refractivity contribution is -0.385. The smallest absolute Gasteiger partial charge is 0.346 e. The molecule has 9 nitrogen and oxygen atoms in total. The molecule has 1 aromatic rings. The number of ether oxygens (including phenoxy) is 3. The normalized spacial score (nSPS) is 17.5. The summed E-state index contributed by atoms with van der Waals surface area (Å²) >= 11 is 0. The van der Waals surface area contributed by atoms with Crippen LogP contribution in [0.4, 0.5) is 5.69 Å². The summed E-state index contributed by atoms with van der Waals surface area (Å²) in [6, 6.07) is 2.51. The predicted octanol–water partition coefficient (Wildman–Crippen LogP) is 2.70. The molecule has 0 bridgehead atoms. The third-order valence-electron chi connectivity index (χ3n) is 5.18. The maximum atomic E-state index is 12.6. The Labute approximate surface area is 162 Å². The van der Waals surface area contributed by atoms with E-state index in [0.717, 1.165) is 38.2 Å². The highest BCUT2D eigenvalue weighted by molar-refractivity contribution is 5.96. The van der Waals surface area contributed by atoms with Gasteiger partial charge in [-0.3, -0.25) is 14.9 Å². The average molecular weight is 392 g/mol. The molecule has 1 aromatic carbocycles. The number of hydrogen-bond donors (Lipinski definition) is 0. The molecular formula is C19H24N2O7. The molecule has 1 amide bonds. The Bertz CT molecular complexity index is 774. The van der Waals surface area contributed by atoms with Gasteiger partial charge in [0.05, 0.1) is 11.0 Å². The highest BCUT2D eigenvalue weighted by Crippen LogP contribution is 2.37. The van der Waals surface area contributed by atoms with Crippen LogP contribution in [0.1, 0.15) is 49.4 Å². The topological polar surface area (TPSA) is 108 Å². The molecule has 0 saturated heterocycles. The van der Waals surface area contributed by atoms with Gasteiger partial charge < -0.3 is 19.1 Å². The fourth-order valence-electron chi connectivity index (χ4n) is 3.60. The maximum Gasteiger partial charge on any atom is 0.346 e. The van der Waals surface area contributed by atoms with Crippen molar-refractivity contribution in [2.75, 3.05) is 20.3 Å². The maximum absolute atomic E-state index is 12.6. The van der Waals surface area contributed by atoms with Gasteiger partial charge in [0.15, 0.2) is 17.6 Å².